The smallest absolute Gasteiger partial charge is 0.290 e. The van der Waals surface area contributed by atoms with Crippen LogP contribution < -0.4 is 39.6 Å². The van der Waals surface area contributed by atoms with Crippen molar-refractivity contribution in [2.45, 2.75) is 36.9 Å². The highest BCUT2D eigenvalue weighted by molar-refractivity contribution is 7.92. The van der Waals surface area contributed by atoms with E-state index in [4.69, 9.17) is 37.9 Å². The van der Waals surface area contributed by atoms with Crippen molar-refractivity contribution in [1.82, 2.24) is 40.8 Å². The molecular weight excluding hydrogens is 1250 g/mol. The number of carbonyl (C=O) groups is 5. The van der Waals surface area contributed by atoms with E-state index < -0.39 is 80.8 Å². The summed E-state index contributed by atoms with van der Waals surface area (Å²) in [5.41, 5.74) is 4.96. The third kappa shape index (κ3) is 17.1. The third-order valence-corrected chi connectivity index (χ3v) is 16.1. The van der Waals surface area contributed by atoms with Gasteiger partial charge in [-0.1, -0.05) is 30.8 Å². The summed E-state index contributed by atoms with van der Waals surface area (Å²) in [6, 6.07) is 25.4. The quantitative estimate of drug-likeness (QED) is 0.0188. The number of fused-ring (bicyclic) bond motifs is 2. The van der Waals surface area contributed by atoms with Crippen LogP contribution >= 0.6 is 0 Å². The minimum Gasteiger partial charge on any atom is -0.493 e. The van der Waals surface area contributed by atoms with Gasteiger partial charge in [0.1, 0.15) is 28.2 Å². The van der Waals surface area contributed by atoms with Crippen LogP contribution in [0.5, 0.6) is 23.1 Å². The highest BCUT2D eigenvalue weighted by Gasteiger charge is 2.54. The molecule has 4 aromatic heterocycles. The third-order valence-electron chi connectivity index (χ3n) is 14.7. The van der Waals surface area contributed by atoms with E-state index in [0.717, 1.165) is 28.1 Å². The van der Waals surface area contributed by atoms with Crippen molar-refractivity contribution in [1.29, 1.82) is 0 Å². The SMILES string of the molecule is C=C1[C@H](C(=O)C(=O)NCc2ccc(OC)c(OC)c2)N(C(=O)CNC(=O)c2ccnc3ccc(OCC(=O)NCCOCCOCCOCCOCc4ccc(-c5ccnc6ccc(-c7cnc(OC)c(NS(=O)(=O)c8ccc(C)cc8F)c7)cc56)cn4)cc23)CC1(F)F. The van der Waals surface area contributed by atoms with Crippen molar-refractivity contribution in [3.8, 4) is 45.4 Å². The number of sulfonamides is 1. The molecule has 4 N–H and O–H groups in total. The summed E-state index contributed by atoms with van der Waals surface area (Å²) in [7, 11) is -0.121. The second-order valence-corrected chi connectivity index (χ2v) is 22.7. The highest BCUT2D eigenvalue weighted by Crippen LogP contribution is 2.38. The van der Waals surface area contributed by atoms with Crippen LogP contribution in [0.4, 0.5) is 18.9 Å². The molecule has 0 radical (unpaired) electrons. The van der Waals surface area contributed by atoms with Crippen LogP contribution in [0, 0.1) is 12.7 Å². The Morgan fingerprint density at radius 2 is 1.37 bits per heavy atom. The number of anilines is 1. The number of alkyl halides is 2. The van der Waals surface area contributed by atoms with Crippen molar-refractivity contribution in [3.05, 3.63) is 168 Å². The summed E-state index contributed by atoms with van der Waals surface area (Å²) in [5, 5.41) is 8.56. The largest absolute Gasteiger partial charge is 0.493 e. The second-order valence-electron chi connectivity index (χ2n) is 21.1. The number of ketones is 1. The predicted molar refractivity (Wildman–Crippen MR) is 337 cm³/mol. The molecule has 4 aromatic carbocycles. The number of benzene rings is 4. The number of aryl methyl sites for hydroxylation is 1. The van der Waals surface area contributed by atoms with Gasteiger partial charge in [-0.15, -0.1) is 0 Å². The molecule has 1 aliphatic heterocycles. The lowest BCUT2D eigenvalue weighted by atomic mass is 9.98. The molecule has 0 unspecified atom stereocenters. The van der Waals surface area contributed by atoms with Crippen LogP contribution in [0.1, 0.15) is 27.2 Å². The first-order valence-electron chi connectivity index (χ1n) is 29.2. The Morgan fingerprint density at radius 1 is 0.681 bits per heavy atom. The lowest BCUT2D eigenvalue weighted by Crippen LogP contribution is -2.49. The van der Waals surface area contributed by atoms with E-state index in [-0.39, 0.29) is 74.4 Å². The fourth-order valence-corrected chi connectivity index (χ4v) is 11.0. The lowest BCUT2D eigenvalue weighted by molar-refractivity contribution is -0.143. The van der Waals surface area contributed by atoms with Crippen LogP contribution in [0.2, 0.25) is 0 Å². The molecule has 1 fully saturated rings. The van der Waals surface area contributed by atoms with Crippen LogP contribution in [0.25, 0.3) is 44.1 Å². The minimum atomic E-state index is -4.33. The van der Waals surface area contributed by atoms with Crippen LogP contribution in [0.3, 0.4) is 0 Å². The Labute approximate surface area is 538 Å². The number of Topliss-reactive ketones (excluding diaryl/α,β-unsaturated/α-hetero) is 1. The van der Waals surface area contributed by atoms with E-state index in [1.54, 1.807) is 61.9 Å². The van der Waals surface area contributed by atoms with Gasteiger partial charge in [0.15, 0.2) is 18.1 Å². The number of ether oxygens (including phenoxy) is 8. The first-order chi connectivity index (χ1) is 45.3. The normalized spacial score (nSPS) is 13.5. The number of rotatable bonds is 32. The number of likely N-dealkylation sites (tertiary alicyclic amines) is 1. The lowest BCUT2D eigenvalue weighted by Gasteiger charge is -2.23. The summed E-state index contributed by atoms with van der Waals surface area (Å²) >= 11 is 0. The second kappa shape index (κ2) is 31.5. The predicted octanol–water partition coefficient (Wildman–Crippen LogP) is 6.96. The van der Waals surface area contributed by atoms with E-state index >= 15 is 0 Å². The maximum absolute atomic E-state index is 15.0. The molecule has 28 heteroatoms. The molecule has 24 nitrogen and oxygen atoms in total. The first kappa shape index (κ1) is 68.2. The monoisotopic (exact) mass is 1310 g/mol. The molecule has 1 atom stereocenters. The van der Waals surface area contributed by atoms with Crippen molar-refractivity contribution < 1.29 is 83.5 Å². The topological polar surface area (TPSA) is 296 Å². The van der Waals surface area contributed by atoms with Crippen molar-refractivity contribution in [3.63, 3.8) is 0 Å². The number of hydrogen-bond donors (Lipinski definition) is 4. The Morgan fingerprint density at radius 3 is 2.09 bits per heavy atom. The molecule has 8 aromatic rings. The standard InChI is InChI=1S/C66H66F3N9O15S/c1-40-6-15-58(52(67)28-40)94(84,85)77-55-31-45(35-76-65(55)88-5)43-9-12-53-50(30-43)48(16-18-70-53)44-8-10-46(73-34-44)37-92-27-26-91-25-24-90-23-22-89-21-20-72-59(79)38-93-47-11-13-54-51(32-47)49(17-19-71-54)63(82)75-36-60(80)78-39-66(68,69)41(2)61(78)62(81)64(83)74-33-42-7-14-56(86-3)57(29-42)87-4/h6-19,28-32,34-35,61,77H,2,20-27,33,36-39H2,1,3-5H3,(H,72,79)(H,74,83)(H,75,82)/t61-/m1/s1. The molecule has 94 heavy (non-hydrogen) atoms. The van der Waals surface area contributed by atoms with E-state index in [2.05, 4.69) is 47.2 Å². The summed E-state index contributed by atoms with van der Waals surface area (Å²) < 4.78 is 118. The number of halogens is 3. The molecule has 492 valence electrons. The molecule has 1 saturated heterocycles. The Balaban J connectivity index is 0.636. The van der Waals surface area contributed by atoms with E-state index in [1.807, 2.05) is 36.4 Å². The maximum atomic E-state index is 15.0. The number of nitrogens with one attached hydrogen (secondary N) is 4. The number of nitrogens with zero attached hydrogens (tertiary/aromatic N) is 5. The first-order valence-corrected chi connectivity index (χ1v) is 30.7. The molecule has 9 rings (SSSR count). The number of pyridine rings is 4. The van der Waals surface area contributed by atoms with Crippen LogP contribution in [-0.2, 0) is 61.3 Å². The van der Waals surface area contributed by atoms with Crippen molar-refractivity contribution in [2.75, 3.05) is 98.5 Å². The number of methoxy groups -OCH3 is 3. The molecular formula is C66H66F3N9O15S. The zero-order valence-corrected chi connectivity index (χ0v) is 52.3. The Hall–Kier alpha value is -10.1. The van der Waals surface area contributed by atoms with Gasteiger partial charge in [0, 0.05) is 65.3 Å². The van der Waals surface area contributed by atoms with E-state index in [9.17, 15) is 45.6 Å². The van der Waals surface area contributed by atoms with Gasteiger partial charge in [0.2, 0.25) is 17.6 Å². The van der Waals surface area contributed by atoms with Crippen molar-refractivity contribution >= 4 is 66.9 Å². The number of amides is 4. The zero-order valence-electron chi connectivity index (χ0n) is 51.5. The molecule has 0 aliphatic carbocycles. The maximum Gasteiger partial charge on any atom is 0.290 e. The van der Waals surface area contributed by atoms with E-state index in [0.29, 0.717) is 76.3 Å². The fraction of sp³-hybridized carbons (Fsp3) is 0.288. The molecule has 1 aliphatic rings. The molecule has 5 heterocycles. The fourth-order valence-electron chi connectivity index (χ4n) is 9.89. The molecule has 0 saturated carbocycles. The average molecular weight is 1310 g/mol. The number of hydrogen-bond acceptors (Lipinski definition) is 19. The van der Waals surface area contributed by atoms with Crippen LogP contribution in [-0.4, -0.2) is 168 Å². The number of carbonyl (C=O) groups excluding carboxylic acids is 5. The molecule has 4 amide bonds. The Kier molecular flexibility index (Phi) is 22.8. The zero-order chi connectivity index (χ0) is 66.9. The van der Waals surface area contributed by atoms with Gasteiger partial charge in [-0.25, -0.2) is 17.8 Å². The minimum absolute atomic E-state index is 0.00821. The van der Waals surface area contributed by atoms with Gasteiger partial charge in [-0.05, 0) is 108 Å². The van der Waals surface area contributed by atoms with E-state index in [1.165, 1.54) is 51.8 Å². The van der Waals surface area contributed by atoms with Crippen LogP contribution in [0.15, 0.2) is 145 Å². The van der Waals surface area contributed by atoms with Gasteiger partial charge in [0.25, 0.3) is 33.7 Å². The van der Waals surface area contributed by atoms with Gasteiger partial charge < -0.3 is 58.7 Å². The van der Waals surface area contributed by atoms with Gasteiger partial charge in [-0.3, -0.25) is 43.6 Å². The summed E-state index contributed by atoms with van der Waals surface area (Å²) in [6.45, 7) is 4.81. The van der Waals surface area contributed by atoms with Gasteiger partial charge in [0.05, 0.1) is 110 Å². The van der Waals surface area contributed by atoms with Gasteiger partial charge >= 0.3 is 0 Å². The highest BCUT2D eigenvalue weighted by atomic mass is 32.2. The number of aromatic nitrogens is 4. The molecule has 0 spiro atoms. The van der Waals surface area contributed by atoms with Crippen molar-refractivity contribution in [2.24, 2.45) is 0 Å². The summed E-state index contributed by atoms with van der Waals surface area (Å²) in [6.07, 6.45) is 6.36. The summed E-state index contributed by atoms with van der Waals surface area (Å²) in [4.78, 5) is 83.5. The average Bonchev–Trinajstić information content (AvgIpc) is 1.32. The molecule has 0 bridgehead atoms. The van der Waals surface area contributed by atoms with Gasteiger partial charge in [-0.2, -0.15) is 8.78 Å². The Bertz CT molecular complexity index is 4220. The summed E-state index contributed by atoms with van der Waals surface area (Å²) in [5.74, 6) is -8.50.